The second-order valence-corrected chi connectivity index (χ2v) is 5.02. The lowest BCUT2D eigenvalue weighted by molar-refractivity contribution is 0.0519. The van der Waals surface area contributed by atoms with Crippen LogP contribution in [0.4, 0.5) is 5.82 Å². The van der Waals surface area contributed by atoms with Crippen molar-refractivity contribution in [2.75, 3.05) is 25.0 Å². The monoisotopic (exact) mass is 278 g/mol. The fraction of sp³-hybridized carbons (Fsp3) is 0.643. The number of aliphatic hydroxyl groups excluding tert-OH is 1. The predicted molar refractivity (Wildman–Crippen MR) is 76.6 cm³/mol. The summed E-state index contributed by atoms with van der Waals surface area (Å²) in [4.78, 5) is 22.5. The number of carbonyl (C=O) groups is 1. The number of aromatic nitrogens is 2. The van der Waals surface area contributed by atoms with E-state index in [4.69, 9.17) is 5.11 Å². The van der Waals surface area contributed by atoms with Crippen LogP contribution in [0.25, 0.3) is 0 Å². The number of hydrogen-bond acceptors (Lipinski definition) is 5. The van der Waals surface area contributed by atoms with Crippen LogP contribution < -0.4 is 5.32 Å². The summed E-state index contributed by atoms with van der Waals surface area (Å²) >= 11 is 0. The summed E-state index contributed by atoms with van der Waals surface area (Å²) in [6.07, 6.45) is 7.26. The number of aliphatic hydroxyl groups is 1. The van der Waals surface area contributed by atoms with E-state index in [1.54, 1.807) is 11.1 Å². The zero-order valence-electron chi connectivity index (χ0n) is 11.9. The quantitative estimate of drug-likeness (QED) is 0.785. The van der Waals surface area contributed by atoms with Gasteiger partial charge in [0.25, 0.3) is 5.91 Å². The van der Waals surface area contributed by atoms with Crippen molar-refractivity contribution in [1.82, 2.24) is 14.9 Å². The van der Waals surface area contributed by atoms with Crippen molar-refractivity contribution < 1.29 is 9.90 Å². The first kappa shape index (κ1) is 14.7. The minimum absolute atomic E-state index is 0.0220. The van der Waals surface area contributed by atoms with Gasteiger partial charge in [0.15, 0.2) is 0 Å². The van der Waals surface area contributed by atoms with Gasteiger partial charge < -0.3 is 15.3 Å². The molecule has 0 bridgehead atoms. The Hall–Kier alpha value is -1.69. The third kappa shape index (κ3) is 3.45. The number of rotatable bonds is 7. The molecule has 1 aliphatic carbocycles. The van der Waals surface area contributed by atoms with E-state index < -0.39 is 0 Å². The molecule has 0 aliphatic heterocycles. The molecule has 0 saturated heterocycles. The summed E-state index contributed by atoms with van der Waals surface area (Å²) < 4.78 is 0. The molecule has 1 heterocycles. The van der Waals surface area contributed by atoms with Crippen LogP contribution in [-0.4, -0.2) is 51.6 Å². The van der Waals surface area contributed by atoms with Crippen molar-refractivity contribution in [2.24, 2.45) is 0 Å². The highest BCUT2D eigenvalue weighted by Gasteiger charge is 2.29. The highest BCUT2D eigenvalue weighted by Crippen LogP contribution is 2.25. The molecule has 1 aromatic rings. The number of carbonyl (C=O) groups excluding carboxylic acids is 1. The zero-order valence-corrected chi connectivity index (χ0v) is 11.9. The lowest BCUT2D eigenvalue weighted by atomic mass is 9.91. The van der Waals surface area contributed by atoms with Crippen molar-refractivity contribution in [3.63, 3.8) is 0 Å². The van der Waals surface area contributed by atoms with Gasteiger partial charge in [0, 0.05) is 19.1 Å². The Labute approximate surface area is 119 Å². The molecule has 0 radical (unpaired) electrons. The highest BCUT2D eigenvalue weighted by molar-refractivity contribution is 5.92. The van der Waals surface area contributed by atoms with Crippen molar-refractivity contribution >= 4 is 11.7 Å². The zero-order chi connectivity index (χ0) is 14.4. The minimum Gasteiger partial charge on any atom is -0.395 e. The fourth-order valence-electron chi connectivity index (χ4n) is 2.19. The Balaban J connectivity index is 2.02. The molecule has 0 spiro atoms. The maximum Gasteiger partial charge on any atom is 0.274 e. The second kappa shape index (κ2) is 7.19. The Morgan fingerprint density at radius 3 is 2.75 bits per heavy atom. The molecule has 1 aromatic heterocycles. The van der Waals surface area contributed by atoms with E-state index >= 15 is 0 Å². The summed E-state index contributed by atoms with van der Waals surface area (Å²) in [6, 6.07) is 0.245. The molecule has 0 atom stereocenters. The minimum atomic E-state index is -0.140. The van der Waals surface area contributed by atoms with Crippen molar-refractivity contribution in [3.05, 3.63) is 18.1 Å². The highest BCUT2D eigenvalue weighted by atomic mass is 16.3. The smallest absolute Gasteiger partial charge is 0.274 e. The third-order valence-corrected chi connectivity index (χ3v) is 3.54. The Kier molecular flexibility index (Phi) is 5.29. The van der Waals surface area contributed by atoms with Gasteiger partial charge in [-0.3, -0.25) is 4.79 Å². The average Bonchev–Trinajstić information content (AvgIpc) is 2.42. The summed E-state index contributed by atoms with van der Waals surface area (Å²) in [6.45, 7) is 3.25. The molecule has 6 nitrogen and oxygen atoms in total. The van der Waals surface area contributed by atoms with Crippen LogP contribution in [0.2, 0.25) is 0 Å². The van der Waals surface area contributed by atoms with Crippen LogP contribution in [0.3, 0.4) is 0 Å². The lowest BCUT2D eigenvalue weighted by Gasteiger charge is -2.37. The topological polar surface area (TPSA) is 78.4 Å². The van der Waals surface area contributed by atoms with E-state index in [-0.39, 0.29) is 18.6 Å². The van der Waals surface area contributed by atoms with Crippen LogP contribution in [0.1, 0.15) is 43.1 Å². The maximum atomic E-state index is 12.4. The van der Waals surface area contributed by atoms with E-state index in [1.807, 2.05) is 0 Å². The molecule has 1 aliphatic rings. The van der Waals surface area contributed by atoms with Gasteiger partial charge in [-0.05, 0) is 25.7 Å². The summed E-state index contributed by atoms with van der Waals surface area (Å²) in [5, 5.41) is 12.2. The van der Waals surface area contributed by atoms with Gasteiger partial charge in [0.1, 0.15) is 11.5 Å². The van der Waals surface area contributed by atoms with Crippen LogP contribution in [0, 0.1) is 0 Å². The van der Waals surface area contributed by atoms with E-state index in [0.29, 0.717) is 18.1 Å². The lowest BCUT2D eigenvalue weighted by Crippen LogP contribution is -2.45. The predicted octanol–water partition coefficient (Wildman–Crippen LogP) is 1.29. The Morgan fingerprint density at radius 1 is 1.45 bits per heavy atom. The first-order valence-electron chi connectivity index (χ1n) is 7.24. The Morgan fingerprint density at radius 2 is 2.25 bits per heavy atom. The normalized spacial score (nSPS) is 14.7. The van der Waals surface area contributed by atoms with Crippen LogP contribution >= 0.6 is 0 Å². The summed E-state index contributed by atoms with van der Waals surface area (Å²) in [5.41, 5.74) is 0.340. The molecule has 1 amide bonds. The van der Waals surface area contributed by atoms with Crippen molar-refractivity contribution in [2.45, 2.75) is 38.6 Å². The summed E-state index contributed by atoms with van der Waals surface area (Å²) in [5.74, 6) is 0.541. The Bertz CT molecular complexity index is 431. The number of anilines is 1. The SMILES string of the molecule is CCCNc1cnc(C(=O)N(CCO)C2CCC2)cn1. The number of hydrogen-bond donors (Lipinski definition) is 2. The average molecular weight is 278 g/mol. The molecule has 110 valence electrons. The fourth-order valence-corrected chi connectivity index (χ4v) is 2.19. The van der Waals surface area contributed by atoms with Crippen LogP contribution in [-0.2, 0) is 0 Å². The van der Waals surface area contributed by atoms with Crippen molar-refractivity contribution in [3.8, 4) is 0 Å². The van der Waals surface area contributed by atoms with E-state index in [9.17, 15) is 4.79 Å². The summed E-state index contributed by atoms with van der Waals surface area (Å²) in [7, 11) is 0. The van der Waals surface area contributed by atoms with Gasteiger partial charge in [0.2, 0.25) is 0 Å². The van der Waals surface area contributed by atoms with E-state index in [1.165, 1.54) is 6.20 Å². The van der Waals surface area contributed by atoms with Crippen LogP contribution in [0.15, 0.2) is 12.4 Å². The number of nitrogens with zero attached hydrogens (tertiary/aromatic N) is 3. The number of amides is 1. The van der Waals surface area contributed by atoms with Gasteiger partial charge in [-0.15, -0.1) is 0 Å². The molecule has 2 N–H and O–H groups in total. The van der Waals surface area contributed by atoms with Gasteiger partial charge >= 0.3 is 0 Å². The van der Waals surface area contributed by atoms with E-state index in [2.05, 4.69) is 22.2 Å². The first-order valence-corrected chi connectivity index (χ1v) is 7.24. The van der Waals surface area contributed by atoms with Gasteiger partial charge in [0.05, 0.1) is 19.0 Å². The maximum absolute atomic E-state index is 12.4. The van der Waals surface area contributed by atoms with Crippen LogP contribution in [0.5, 0.6) is 0 Å². The largest absolute Gasteiger partial charge is 0.395 e. The molecule has 0 aromatic carbocycles. The molecule has 6 heteroatoms. The van der Waals surface area contributed by atoms with Gasteiger partial charge in [-0.1, -0.05) is 6.92 Å². The third-order valence-electron chi connectivity index (χ3n) is 3.54. The molecular formula is C14H22N4O2. The molecule has 1 saturated carbocycles. The molecule has 1 fully saturated rings. The van der Waals surface area contributed by atoms with Gasteiger partial charge in [-0.2, -0.15) is 0 Å². The first-order chi connectivity index (χ1) is 9.76. The second-order valence-electron chi connectivity index (χ2n) is 5.02. The molecule has 20 heavy (non-hydrogen) atoms. The van der Waals surface area contributed by atoms with Crippen molar-refractivity contribution in [1.29, 1.82) is 0 Å². The van der Waals surface area contributed by atoms with Gasteiger partial charge in [-0.25, -0.2) is 9.97 Å². The molecular weight excluding hydrogens is 256 g/mol. The molecule has 0 unspecified atom stereocenters. The van der Waals surface area contributed by atoms with E-state index in [0.717, 1.165) is 32.2 Å². The molecule has 2 rings (SSSR count). The standard InChI is InChI=1S/C14H22N4O2/c1-2-6-15-13-10-16-12(9-17-13)14(20)18(7-8-19)11-4-3-5-11/h9-11,19H,2-8H2,1H3,(H,15,17). The number of nitrogens with one attached hydrogen (secondary N) is 1.